The fraction of sp³-hybridized carbons (Fsp3) is 0.300. The highest BCUT2D eigenvalue weighted by Gasteiger charge is 2.36. The molecule has 1 aliphatic carbocycles. The highest BCUT2D eigenvalue weighted by atomic mass is 16.6. The van der Waals surface area contributed by atoms with Gasteiger partial charge in [0.25, 0.3) is 0 Å². The van der Waals surface area contributed by atoms with Gasteiger partial charge in [0.15, 0.2) is 5.78 Å². The van der Waals surface area contributed by atoms with E-state index in [9.17, 15) is 9.59 Å². The average Bonchev–Trinajstić information content (AvgIpc) is 3.31. The summed E-state index contributed by atoms with van der Waals surface area (Å²) in [7, 11) is 1.64. The van der Waals surface area contributed by atoms with Crippen molar-refractivity contribution in [2.24, 2.45) is 0 Å². The van der Waals surface area contributed by atoms with Crippen molar-refractivity contribution in [3.8, 4) is 16.9 Å². The number of ketones is 1. The van der Waals surface area contributed by atoms with Gasteiger partial charge in [0.05, 0.1) is 24.1 Å². The fourth-order valence-corrected chi connectivity index (χ4v) is 5.22. The number of aryl methyl sites for hydroxylation is 1. The van der Waals surface area contributed by atoms with E-state index in [4.69, 9.17) is 14.5 Å². The Morgan fingerprint density at radius 2 is 1.81 bits per heavy atom. The third-order valence-corrected chi connectivity index (χ3v) is 6.65. The predicted octanol–water partition coefficient (Wildman–Crippen LogP) is 6.41. The maximum Gasteiger partial charge on any atom is 0.341 e. The van der Waals surface area contributed by atoms with Crippen molar-refractivity contribution < 1.29 is 19.1 Å². The molecule has 6 nitrogen and oxygen atoms in total. The number of carbonyl (C=O) groups is 2. The number of methoxy groups -OCH3 is 1. The van der Waals surface area contributed by atoms with Gasteiger partial charge in [-0.25, -0.2) is 4.79 Å². The zero-order valence-electron chi connectivity index (χ0n) is 21.3. The van der Waals surface area contributed by atoms with Gasteiger partial charge in [0.2, 0.25) is 0 Å². The number of rotatable bonds is 4. The summed E-state index contributed by atoms with van der Waals surface area (Å²) < 4.78 is 11.4. The van der Waals surface area contributed by atoms with Crippen LogP contribution in [0.15, 0.2) is 54.7 Å². The number of aromatic nitrogens is 2. The van der Waals surface area contributed by atoms with Crippen molar-refractivity contribution >= 4 is 22.7 Å². The smallest absolute Gasteiger partial charge is 0.341 e. The molecule has 0 aliphatic heterocycles. The molecule has 184 valence electrons. The molecule has 2 heterocycles. The summed E-state index contributed by atoms with van der Waals surface area (Å²) in [5, 5.41) is 0.940. The van der Waals surface area contributed by atoms with Gasteiger partial charge in [-0.1, -0.05) is 30.3 Å². The molecular weight excluding hydrogens is 452 g/mol. The molecule has 1 N–H and O–H groups in total. The van der Waals surface area contributed by atoms with Crippen LogP contribution in [0.25, 0.3) is 22.0 Å². The molecule has 0 bridgehead atoms. The molecule has 5 rings (SSSR count). The van der Waals surface area contributed by atoms with Crippen LogP contribution in [0.2, 0.25) is 0 Å². The van der Waals surface area contributed by atoms with Crippen molar-refractivity contribution in [2.45, 2.75) is 52.1 Å². The average molecular weight is 483 g/mol. The first-order chi connectivity index (χ1) is 17.2. The molecule has 0 amide bonds. The van der Waals surface area contributed by atoms with Crippen LogP contribution in [0.4, 0.5) is 0 Å². The van der Waals surface area contributed by atoms with Gasteiger partial charge in [0, 0.05) is 40.6 Å². The van der Waals surface area contributed by atoms with Crippen molar-refractivity contribution in [1.82, 2.24) is 9.97 Å². The molecule has 0 unspecified atom stereocenters. The summed E-state index contributed by atoms with van der Waals surface area (Å²) in [5.74, 6) is 0.194. The number of H-pyrrole nitrogens is 1. The second-order valence-corrected chi connectivity index (χ2v) is 10.3. The lowest BCUT2D eigenvalue weighted by atomic mass is 9.77. The van der Waals surface area contributed by atoms with Gasteiger partial charge in [-0.3, -0.25) is 9.78 Å². The van der Waals surface area contributed by atoms with Crippen LogP contribution in [-0.4, -0.2) is 34.4 Å². The highest BCUT2D eigenvalue weighted by Crippen LogP contribution is 2.43. The molecule has 6 heteroatoms. The number of Topliss-reactive ketones (excluding diaryl/α,β-unsaturated/α-hetero) is 1. The molecule has 0 saturated carbocycles. The van der Waals surface area contributed by atoms with Crippen LogP contribution in [0.1, 0.15) is 70.8 Å². The Balaban J connectivity index is 1.75. The summed E-state index contributed by atoms with van der Waals surface area (Å²) in [5.41, 5.74) is 4.79. The minimum atomic E-state index is -0.685. The monoisotopic (exact) mass is 482 g/mol. The molecule has 0 fully saturated rings. The Kier molecular flexibility index (Phi) is 5.91. The van der Waals surface area contributed by atoms with E-state index in [0.717, 1.165) is 27.8 Å². The zero-order valence-corrected chi connectivity index (χ0v) is 21.3. The van der Waals surface area contributed by atoms with E-state index in [1.807, 2.05) is 82.4 Å². The Labute approximate surface area is 210 Å². The normalized spacial score (nSPS) is 15.6. The number of hydrogen-bond donors (Lipinski definition) is 1. The Morgan fingerprint density at radius 1 is 1.03 bits per heavy atom. The molecule has 2 aromatic heterocycles. The van der Waals surface area contributed by atoms with E-state index >= 15 is 0 Å². The van der Waals surface area contributed by atoms with Gasteiger partial charge in [0.1, 0.15) is 11.4 Å². The van der Waals surface area contributed by atoms with Crippen molar-refractivity contribution in [3.05, 3.63) is 82.8 Å². The van der Waals surface area contributed by atoms with Crippen molar-refractivity contribution in [1.29, 1.82) is 0 Å². The van der Waals surface area contributed by atoms with E-state index < -0.39 is 11.6 Å². The lowest BCUT2D eigenvalue weighted by molar-refractivity contribution is 0.00691. The molecule has 36 heavy (non-hydrogen) atoms. The molecule has 0 saturated heterocycles. The highest BCUT2D eigenvalue weighted by molar-refractivity contribution is 6.13. The molecule has 2 aromatic carbocycles. The number of ether oxygens (including phenoxy) is 2. The second-order valence-electron chi connectivity index (χ2n) is 10.3. The van der Waals surface area contributed by atoms with E-state index in [1.54, 1.807) is 7.11 Å². The molecule has 4 aromatic rings. The number of esters is 1. The van der Waals surface area contributed by atoms with Gasteiger partial charge in [-0.2, -0.15) is 0 Å². The summed E-state index contributed by atoms with van der Waals surface area (Å²) in [6.45, 7) is 7.32. The van der Waals surface area contributed by atoms with E-state index in [2.05, 4.69) is 4.98 Å². The number of aromatic amines is 1. The van der Waals surface area contributed by atoms with Crippen LogP contribution in [0.3, 0.4) is 0 Å². The number of pyridine rings is 1. The molecule has 0 radical (unpaired) electrons. The quantitative estimate of drug-likeness (QED) is 0.340. The standard InChI is InChI=1S/C30H30N2O4/c1-17-26(29(34)36-30(2,3)4)27(21-10-8-11-22-20(21)13-14-31-22)28-23(32-17)15-18(16-24(28)33)19-9-6-7-12-25(19)35-5/h6-14,18,31H,15-16H2,1-5H3/t18-/m1/s1. The van der Waals surface area contributed by atoms with Gasteiger partial charge in [-0.05, 0) is 63.4 Å². The minimum Gasteiger partial charge on any atom is -0.496 e. The van der Waals surface area contributed by atoms with Crippen LogP contribution in [0.5, 0.6) is 5.75 Å². The minimum absolute atomic E-state index is 0.0352. The van der Waals surface area contributed by atoms with Gasteiger partial charge >= 0.3 is 5.97 Å². The van der Waals surface area contributed by atoms with E-state index in [0.29, 0.717) is 40.9 Å². The number of carbonyl (C=O) groups excluding carboxylic acids is 2. The number of nitrogens with zero attached hydrogens (tertiary/aromatic N) is 1. The Morgan fingerprint density at radius 3 is 2.56 bits per heavy atom. The predicted molar refractivity (Wildman–Crippen MR) is 140 cm³/mol. The maximum atomic E-state index is 13.9. The maximum absolute atomic E-state index is 13.9. The summed E-state index contributed by atoms with van der Waals surface area (Å²) >= 11 is 0. The first kappa shape index (κ1) is 23.8. The molecular formula is C30H30N2O4. The summed E-state index contributed by atoms with van der Waals surface area (Å²) in [6.07, 6.45) is 2.75. The van der Waals surface area contributed by atoms with Crippen LogP contribution in [0, 0.1) is 6.92 Å². The van der Waals surface area contributed by atoms with Gasteiger partial charge in [-0.15, -0.1) is 0 Å². The second kappa shape index (κ2) is 8.94. The topological polar surface area (TPSA) is 81.3 Å². The first-order valence-corrected chi connectivity index (χ1v) is 12.2. The largest absolute Gasteiger partial charge is 0.496 e. The number of benzene rings is 2. The number of fused-ring (bicyclic) bond motifs is 2. The molecule has 1 atom stereocenters. The number of para-hydroxylation sites is 1. The van der Waals surface area contributed by atoms with Crippen LogP contribution >= 0.6 is 0 Å². The van der Waals surface area contributed by atoms with Crippen molar-refractivity contribution in [3.63, 3.8) is 0 Å². The molecule has 0 spiro atoms. The van der Waals surface area contributed by atoms with Gasteiger partial charge < -0.3 is 14.5 Å². The van der Waals surface area contributed by atoms with E-state index in [-0.39, 0.29) is 11.7 Å². The fourth-order valence-electron chi connectivity index (χ4n) is 5.22. The Bertz CT molecular complexity index is 1490. The summed E-state index contributed by atoms with van der Waals surface area (Å²) in [6, 6.07) is 15.6. The Hall–Kier alpha value is -3.93. The van der Waals surface area contributed by atoms with E-state index in [1.165, 1.54) is 0 Å². The van der Waals surface area contributed by atoms with Crippen molar-refractivity contribution in [2.75, 3.05) is 7.11 Å². The van der Waals surface area contributed by atoms with Crippen LogP contribution in [-0.2, 0) is 11.2 Å². The third kappa shape index (κ3) is 4.17. The lowest BCUT2D eigenvalue weighted by Gasteiger charge is -2.29. The van der Waals surface area contributed by atoms with Crippen LogP contribution < -0.4 is 4.74 Å². The summed E-state index contributed by atoms with van der Waals surface area (Å²) in [4.78, 5) is 35.4. The molecule has 1 aliphatic rings. The first-order valence-electron chi connectivity index (χ1n) is 12.2. The zero-order chi connectivity index (χ0) is 25.6. The number of hydrogen-bond acceptors (Lipinski definition) is 5. The third-order valence-electron chi connectivity index (χ3n) is 6.65. The number of nitrogens with one attached hydrogen (secondary N) is 1. The lowest BCUT2D eigenvalue weighted by Crippen LogP contribution is -2.28. The SMILES string of the molecule is COc1ccccc1[C@H]1CC(=O)c2c(nc(C)c(C(=O)OC(C)(C)C)c2-c2cccc3[nH]ccc23)C1.